The van der Waals surface area contributed by atoms with Gasteiger partial charge in [-0.1, -0.05) is 28.1 Å². The third kappa shape index (κ3) is 3.65. The van der Waals surface area contributed by atoms with Gasteiger partial charge in [0.05, 0.1) is 0 Å². The zero-order valence-corrected chi connectivity index (χ0v) is 16.9. The smallest absolute Gasteiger partial charge is 0.238 e. The minimum Gasteiger partial charge on any atom is -0.507 e. The first-order valence-corrected chi connectivity index (χ1v) is 9.55. The van der Waals surface area contributed by atoms with E-state index < -0.39 is 22.7 Å². The second kappa shape index (κ2) is 7.64. The van der Waals surface area contributed by atoms with E-state index in [2.05, 4.69) is 15.9 Å². The Morgan fingerprint density at radius 2 is 1.70 bits per heavy atom. The second-order valence-corrected chi connectivity index (χ2v) is 7.46. The SMILES string of the molecule is O=c1c(O)c(-c2ccc(O)c(O)c2)oc2cc(OCc3cccc(Br)c3)cc(O)c12. The molecule has 7 nitrogen and oxygen atoms in total. The van der Waals surface area contributed by atoms with Gasteiger partial charge in [-0.15, -0.1) is 0 Å². The highest BCUT2D eigenvalue weighted by Gasteiger charge is 2.20. The number of hydrogen-bond acceptors (Lipinski definition) is 7. The summed E-state index contributed by atoms with van der Waals surface area (Å²) < 4.78 is 12.3. The number of fused-ring (bicyclic) bond motifs is 1. The number of hydrogen-bond donors (Lipinski definition) is 4. The van der Waals surface area contributed by atoms with Gasteiger partial charge in [-0.3, -0.25) is 4.79 Å². The first-order valence-electron chi connectivity index (χ1n) is 8.76. The third-order valence-corrected chi connectivity index (χ3v) is 4.95. The molecule has 0 fully saturated rings. The molecule has 0 saturated carbocycles. The van der Waals surface area contributed by atoms with Crippen LogP contribution < -0.4 is 10.2 Å². The number of benzene rings is 3. The number of phenolic OH excluding ortho intramolecular Hbond substituents is 3. The lowest BCUT2D eigenvalue weighted by Crippen LogP contribution is -2.04. The van der Waals surface area contributed by atoms with Crippen molar-refractivity contribution in [2.45, 2.75) is 6.61 Å². The van der Waals surface area contributed by atoms with E-state index in [0.29, 0.717) is 0 Å². The van der Waals surface area contributed by atoms with Gasteiger partial charge < -0.3 is 29.6 Å². The molecule has 1 heterocycles. The average molecular weight is 471 g/mol. The van der Waals surface area contributed by atoms with Crippen molar-refractivity contribution in [3.8, 4) is 40.1 Å². The van der Waals surface area contributed by atoms with Gasteiger partial charge in [0, 0.05) is 22.2 Å². The van der Waals surface area contributed by atoms with E-state index in [-0.39, 0.29) is 40.4 Å². The van der Waals surface area contributed by atoms with Crippen LogP contribution in [0.3, 0.4) is 0 Å². The van der Waals surface area contributed by atoms with E-state index in [9.17, 15) is 25.2 Å². The molecule has 0 amide bonds. The fraction of sp³-hybridized carbons (Fsp3) is 0.0455. The van der Waals surface area contributed by atoms with Gasteiger partial charge in [-0.2, -0.15) is 0 Å². The predicted molar refractivity (Wildman–Crippen MR) is 113 cm³/mol. The summed E-state index contributed by atoms with van der Waals surface area (Å²) >= 11 is 3.38. The molecule has 3 aromatic carbocycles. The average Bonchev–Trinajstić information content (AvgIpc) is 2.71. The van der Waals surface area contributed by atoms with Crippen molar-refractivity contribution in [1.82, 2.24) is 0 Å². The summed E-state index contributed by atoms with van der Waals surface area (Å²) in [6, 6.07) is 13.9. The molecule has 4 rings (SSSR count). The molecule has 0 aliphatic rings. The summed E-state index contributed by atoms with van der Waals surface area (Å²) in [5.74, 6) is -1.89. The van der Waals surface area contributed by atoms with Crippen molar-refractivity contribution >= 4 is 26.9 Å². The van der Waals surface area contributed by atoms with Gasteiger partial charge in [0.1, 0.15) is 29.1 Å². The van der Waals surface area contributed by atoms with Crippen LogP contribution in [0.15, 0.2) is 68.3 Å². The van der Waals surface area contributed by atoms with Crippen LogP contribution in [0.25, 0.3) is 22.3 Å². The summed E-state index contributed by atoms with van der Waals surface area (Å²) in [7, 11) is 0. The van der Waals surface area contributed by atoms with Crippen LogP contribution >= 0.6 is 15.9 Å². The van der Waals surface area contributed by atoms with Crippen LogP contribution in [0.1, 0.15) is 5.56 Å². The summed E-state index contributed by atoms with van der Waals surface area (Å²) in [5, 5.41) is 39.6. The topological polar surface area (TPSA) is 120 Å². The third-order valence-electron chi connectivity index (χ3n) is 4.46. The van der Waals surface area contributed by atoms with Crippen molar-refractivity contribution in [3.05, 3.63) is 74.9 Å². The van der Waals surface area contributed by atoms with Crippen LogP contribution in [0, 0.1) is 0 Å². The van der Waals surface area contributed by atoms with Crippen LogP contribution in [-0.4, -0.2) is 20.4 Å². The number of halogens is 1. The lowest BCUT2D eigenvalue weighted by molar-refractivity contribution is 0.304. The number of aromatic hydroxyl groups is 4. The first-order chi connectivity index (χ1) is 14.3. The molecule has 30 heavy (non-hydrogen) atoms. The summed E-state index contributed by atoms with van der Waals surface area (Å²) in [5.41, 5.74) is 0.206. The number of ether oxygens (including phenoxy) is 1. The predicted octanol–water partition coefficient (Wildman–Crippen LogP) is 4.62. The molecule has 8 heteroatoms. The van der Waals surface area contributed by atoms with Crippen molar-refractivity contribution < 1.29 is 29.6 Å². The summed E-state index contributed by atoms with van der Waals surface area (Å²) in [6.07, 6.45) is 0. The molecule has 1 aromatic heterocycles. The molecule has 0 aliphatic heterocycles. The van der Waals surface area contributed by atoms with E-state index in [1.807, 2.05) is 24.3 Å². The Morgan fingerprint density at radius 1 is 0.900 bits per heavy atom. The van der Waals surface area contributed by atoms with Crippen molar-refractivity contribution in [2.24, 2.45) is 0 Å². The number of rotatable bonds is 4. The highest BCUT2D eigenvalue weighted by Crippen LogP contribution is 2.38. The van der Waals surface area contributed by atoms with Crippen LogP contribution in [-0.2, 0) is 6.61 Å². The highest BCUT2D eigenvalue weighted by molar-refractivity contribution is 9.10. The molecule has 0 bridgehead atoms. The lowest BCUT2D eigenvalue weighted by Gasteiger charge is -2.11. The van der Waals surface area contributed by atoms with E-state index in [4.69, 9.17) is 9.15 Å². The zero-order chi connectivity index (χ0) is 21.4. The Morgan fingerprint density at radius 3 is 2.43 bits per heavy atom. The Kier molecular flexibility index (Phi) is 5.01. The highest BCUT2D eigenvalue weighted by atomic mass is 79.9. The maximum Gasteiger partial charge on any atom is 0.238 e. The van der Waals surface area contributed by atoms with Gasteiger partial charge in [0.25, 0.3) is 0 Å². The zero-order valence-electron chi connectivity index (χ0n) is 15.3. The molecule has 0 spiro atoms. The van der Waals surface area contributed by atoms with Crippen LogP contribution in [0.2, 0.25) is 0 Å². The molecule has 0 radical (unpaired) electrons. The Bertz CT molecular complexity index is 1330. The Hall–Kier alpha value is -3.65. The van der Waals surface area contributed by atoms with Gasteiger partial charge in [0.15, 0.2) is 17.3 Å². The van der Waals surface area contributed by atoms with E-state index >= 15 is 0 Å². The van der Waals surface area contributed by atoms with Crippen molar-refractivity contribution in [1.29, 1.82) is 0 Å². The monoisotopic (exact) mass is 470 g/mol. The Balaban J connectivity index is 1.78. The standard InChI is InChI=1S/C22H15BrO7/c23-13-3-1-2-11(6-13)10-29-14-8-17(26)19-18(9-14)30-22(21(28)20(19)27)12-4-5-15(24)16(25)7-12/h1-9,24-26,28H,10H2. The minimum absolute atomic E-state index is 0.00962. The lowest BCUT2D eigenvalue weighted by atomic mass is 10.1. The summed E-state index contributed by atoms with van der Waals surface area (Å²) in [6.45, 7) is 0.214. The van der Waals surface area contributed by atoms with Crippen molar-refractivity contribution in [2.75, 3.05) is 0 Å². The quantitative estimate of drug-likeness (QED) is 0.321. The molecule has 4 aromatic rings. The van der Waals surface area contributed by atoms with Crippen LogP contribution in [0.5, 0.6) is 28.7 Å². The van der Waals surface area contributed by atoms with Crippen molar-refractivity contribution in [3.63, 3.8) is 0 Å². The summed E-state index contributed by atoms with van der Waals surface area (Å²) in [4.78, 5) is 12.6. The molecule has 0 aliphatic carbocycles. The normalized spacial score (nSPS) is 11.0. The molecule has 152 valence electrons. The van der Waals surface area contributed by atoms with Gasteiger partial charge in [-0.25, -0.2) is 0 Å². The van der Waals surface area contributed by atoms with E-state index in [1.54, 1.807) is 0 Å². The second-order valence-electron chi connectivity index (χ2n) is 6.55. The Labute approximate surface area is 178 Å². The molecular weight excluding hydrogens is 456 g/mol. The molecule has 0 saturated heterocycles. The molecular formula is C22H15BrO7. The minimum atomic E-state index is -0.838. The first kappa shape index (κ1) is 19.7. The maximum atomic E-state index is 12.6. The molecule has 4 N–H and O–H groups in total. The van der Waals surface area contributed by atoms with Gasteiger partial charge in [-0.05, 0) is 35.9 Å². The largest absolute Gasteiger partial charge is 0.507 e. The van der Waals surface area contributed by atoms with E-state index in [0.717, 1.165) is 16.1 Å². The van der Waals surface area contributed by atoms with E-state index in [1.165, 1.54) is 24.3 Å². The maximum absolute atomic E-state index is 12.6. The molecule has 0 atom stereocenters. The van der Waals surface area contributed by atoms with Crippen LogP contribution in [0.4, 0.5) is 0 Å². The van der Waals surface area contributed by atoms with Gasteiger partial charge >= 0.3 is 0 Å². The van der Waals surface area contributed by atoms with Gasteiger partial charge in [0.2, 0.25) is 11.2 Å². The fourth-order valence-electron chi connectivity index (χ4n) is 3.00. The fourth-order valence-corrected chi connectivity index (χ4v) is 3.45. The number of phenols is 3. The molecule has 0 unspecified atom stereocenters.